The van der Waals surface area contributed by atoms with E-state index >= 15 is 0 Å². The van der Waals surface area contributed by atoms with E-state index in [1.54, 1.807) is 0 Å². The smallest absolute Gasteiger partial charge is 0.160 e. The predicted molar refractivity (Wildman–Crippen MR) is 619 cm³/mol. The van der Waals surface area contributed by atoms with Gasteiger partial charge < -0.3 is 13.3 Å². The van der Waals surface area contributed by atoms with Gasteiger partial charge in [-0.05, 0) is 171 Å². The van der Waals surface area contributed by atoms with Gasteiger partial charge in [0, 0.05) is 104 Å². The number of nitrogens with zero attached hydrogens (tertiary/aromatic N) is 6. The molecule has 30 aromatic rings. The highest BCUT2D eigenvalue weighted by molar-refractivity contribution is 6.27. The molecule has 0 unspecified atom stereocenters. The Hall–Kier alpha value is -20.0. The van der Waals surface area contributed by atoms with Gasteiger partial charge in [-0.25, -0.2) is 29.9 Å². The maximum atomic E-state index is 6.72. The second-order valence-electron chi connectivity index (χ2n) is 38.0. The number of furan rings is 3. The summed E-state index contributed by atoms with van der Waals surface area (Å²) in [6.45, 7) is 0. The van der Waals surface area contributed by atoms with Crippen molar-refractivity contribution in [3.05, 3.63) is 522 Å². The number of hydrogen-bond acceptors (Lipinski definition) is 9. The highest BCUT2D eigenvalue weighted by atomic mass is 16.3. The van der Waals surface area contributed by atoms with Crippen molar-refractivity contribution in [2.45, 2.75) is 0 Å². The lowest BCUT2D eigenvalue weighted by molar-refractivity contribution is 0.672. The number of fused-ring (bicyclic) bond motifs is 21. The van der Waals surface area contributed by atoms with E-state index in [1.165, 1.54) is 60.1 Å². The van der Waals surface area contributed by atoms with E-state index in [1.807, 2.05) is 91.0 Å². The Morgan fingerprint density at radius 1 is 0.128 bits per heavy atom. The van der Waals surface area contributed by atoms with Gasteiger partial charge in [0.1, 0.15) is 33.5 Å². The van der Waals surface area contributed by atoms with E-state index in [9.17, 15) is 0 Å². The molecule has 30 rings (SSSR count). The molecule has 694 valence electrons. The number of pyridine rings is 2. The first-order chi connectivity index (χ1) is 73.9. The third kappa shape index (κ3) is 15.6. The molecule has 0 bridgehead atoms. The van der Waals surface area contributed by atoms with Crippen molar-refractivity contribution in [3.8, 4) is 146 Å². The first kappa shape index (κ1) is 86.8. The number of rotatable bonds is 13. The van der Waals surface area contributed by atoms with Crippen molar-refractivity contribution in [1.82, 2.24) is 29.9 Å². The molecule has 23 aromatic carbocycles. The van der Waals surface area contributed by atoms with E-state index in [2.05, 4.69) is 431 Å². The summed E-state index contributed by atoms with van der Waals surface area (Å²) < 4.78 is 20.1. The number of aromatic nitrogens is 6. The number of hydrogen-bond donors (Lipinski definition) is 0. The summed E-state index contributed by atoms with van der Waals surface area (Å²) in [5.41, 5.74) is 32.5. The second-order valence-corrected chi connectivity index (χ2v) is 38.0. The molecule has 0 saturated heterocycles. The van der Waals surface area contributed by atoms with Crippen molar-refractivity contribution in [2.75, 3.05) is 0 Å². The van der Waals surface area contributed by atoms with Gasteiger partial charge in [0.05, 0.1) is 45.2 Å². The minimum Gasteiger partial charge on any atom is -0.455 e. The molecule has 0 amide bonds. The van der Waals surface area contributed by atoms with E-state index in [4.69, 9.17) is 43.2 Å². The van der Waals surface area contributed by atoms with Crippen molar-refractivity contribution in [2.24, 2.45) is 0 Å². The highest BCUT2D eigenvalue weighted by Gasteiger charge is 2.26. The van der Waals surface area contributed by atoms with Gasteiger partial charge in [0.25, 0.3) is 0 Å². The van der Waals surface area contributed by atoms with Crippen LogP contribution >= 0.6 is 0 Å². The SMILES string of the molecule is c1ccc(-c2cc(-c3ccc(-c4cc5c(oc6cccc(-c7cccc8ccccc78)c65)c5ccccc45)cc3)nc(-c3ccccc3)n2)cc1.c1ccc(-c2cc(-c3cccc(-c4cc5c(oc6cccc(-c7cccc8ccccc78)c65)c5ccccc45)c3)nc(-c3ccccc3)n2)cc1.c1ccc(-c2ccc3ccc4ccc(-c5cc6c(oc7cccc(-c8cccc9ccccc89)c76)c6ccccc56)nc4c3n2)cc1. The van der Waals surface area contributed by atoms with Crippen LogP contribution in [-0.2, 0) is 0 Å². The summed E-state index contributed by atoms with van der Waals surface area (Å²) in [5.74, 6) is 1.41. The molecule has 149 heavy (non-hydrogen) atoms. The van der Waals surface area contributed by atoms with Gasteiger partial charge in [-0.1, -0.05) is 455 Å². The molecule has 7 aromatic heterocycles. The van der Waals surface area contributed by atoms with Crippen LogP contribution < -0.4 is 0 Å². The largest absolute Gasteiger partial charge is 0.455 e. The Bertz CT molecular complexity index is 10400. The number of benzene rings is 23. The summed E-state index contributed by atoms with van der Waals surface area (Å²) in [5, 5.41) is 22.8. The monoisotopic (exact) mass is 1900 g/mol. The summed E-state index contributed by atoms with van der Waals surface area (Å²) in [6.07, 6.45) is 0. The fourth-order valence-electron chi connectivity index (χ4n) is 22.2. The zero-order valence-corrected chi connectivity index (χ0v) is 80.6. The van der Waals surface area contributed by atoms with Gasteiger partial charge in [-0.2, -0.15) is 0 Å². The van der Waals surface area contributed by atoms with Crippen LogP contribution in [-0.4, -0.2) is 29.9 Å². The predicted octanol–water partition coefficient (Wildman–Crippen LogP) is 38.0. The molecule has 7 heterocycles. The van der Waals surface area contributed by atoms with Crippen LogP contribution in [0.4, 0.5) is 0 Å². The van der Waals surface area contributed by atoms with Crippen molar-refractivity contribution in [1.29, 1.82) is 0 Å². The normalized spacial score (nSPS) is 11.6. The average Bonchev–Trinajstić information content (AvgIpc) is 1.59. The van der Waals surface area contributed by atoms with E-state index in [0.717, 1.165) is 226 Å². The molecular formula is C140H86N6O3. The summed E-state index contributed by atoms with van der Waals surface area (Å²) in [6, 6.07) is 183. The van der Waals surface area contributed by atoms with Crippen LogP contribution in [0.3, 0.4) is 0 Å². The fourth-order valence-corrected chi connectivity index (χ4v) is 22.2. The van der Waals surface area contributed by atoms with Crippen LogP contribution in [0.15, 0.2) is 535 Å². The van der Waals surface area contributed by atoms with Crippen LogP contribution in [0.5, 0.6) is 0 Å². The fraction of sp³-hybridized carbons (Fsp3) is 0. The Morgan fingerprint density at radius 2 is 0.396 bits per heavy atom. The van der Waals surface area contributed by atoms with Crippen molar-refractivity contribution >= 4 is 152 Å². The lowest BCUT2D eigenvalue weighted by Crippen LogP contribution is -1.96. The molecule has 0 aliphatic heterocycles. The molecule has 9 nitrogen and oxygen atoms in total. The lowest BCUT2D eigenvalue weighted by Gasteiger charge is -2.12. The maximum Gasteiger partial charge on any atom is 0.160 e. The molecule has 0 radical (unpaired) electrons. The first-order valence-electron chi connectivity index (χ1n) is 50.4. The van der Waals surface area contributed by atoms with Crippen molar-refractivity contribution in [3.63, 3.8) is 0 Å². The van der Waals surface area contributed by atoms with Crippen LogP contribution in [0.2, 0.25) is 0 Å². The average molecular weight is 1900 g/mol. The first-order valence-corrected chi connectivity index (χ1v) is 50.4. The standard InChI is InChI=1S/2C48H30N2O.C44H26N2O/c1-3-15-32(16-4-1)43-30-44(50-48(49-43)33-17-5-2-6-18-33)35-21-11-20-34(28-35)41-29-42-46-39(37-25-12-19-31-14-7-8-22-36(31)37)26-13-27-45(46)51-47(42)40-24-10-9-23-38(40)41;1-3-14-33(15-4-1)43-30-44(50-48(49-43)35-16-5-2-6-17-35)34-27-25-32(26-28-34)41-29-42-46-39(37-22-11-18-31-13-7-8-19-36(31)37)23-12-24-45(46)51-47(42)40-21-10-9-20-38(40)41;1-2-11-28(12-3-1)38-24-22-29-20-21-30-23-25-39(46-43(30)42(29)45-38)36-26-37-41-34(32-17-8-13-27-10-4-5-14-31(27)32)18-9-19-40(41)47-44(37)35-16-7-6-15-33(35)36/h2*1-30H;1-26H. The quantitative estimate of drug-likeness (QED) is 0.104. The third-order valence-corrected chi connectivity index (χ3v) is 29.2. The molecule has 0 spiro atoms. The molecule has 0 atom stereocenters. The summed E-state index contributed by atoms with van der Waals surface area (Å²) >= 11 is 0. The van der Waals surface area contributed by atoms with Gasteiger partial charge in [-0.3, -0.25) is 0 Å². The van der Waals surface area contributed by atoms with E-state index < -0.39 is 0 Å². The molecule has 0 aliphatic carbocycles. The molecule has 0 saturated carbocycles. The van der Waals surface area contributed by atoms with Crippen LogP contribution in [0, 0.1) is 0 Å². The third-order valence-electron chi connectivity index (χ3n) is 29.2. The van der Waals surface area contributed by atoms with Gasteiger partial charge in [-0.15, -0.1) is 0 Å². The van der Waals surface area contributed by atoms with Gasteiger partial charge in [0.15, 0.2) is 11.6 Å². The zero-order chi connectivity index (χ0) is 98.4. The van der Waals surface area contributed by atoms with Gasteiger partial charge in [0.2, 0.25) is 0 Å². The van der Waals surface area contributed by atoms with E-state index in [-0.39, 0.29) is 0 Å². The Kier molecular flexibility index (Phi) is 21.4. The van der Waals surface area contributed by atoms with Crippen molar-refractivity contribution < 1.29 is 13.3 Å². The maximum absolute atomic E-state index is 6.72. The Balaban J connectivity index is 0.000000108. The Labute approximate surface area is 857 Å². The minimum atomic E-state index is 0.704. The summed E-state index contributed by atoms with van der Waals surface area (Å²) in [7, 11) is 0. The molecule has 0 fully saturated rings. The topological polar surface area (TPSA) is 117 Å². The molecule has 0 N–H and O–H groups in total. The van der Waals surface area contributed by atoms with Crippen LogP contribution in [0.25, 0.3) is 298 Å². The summed E-state index contributed by atoms with van der Waals surface area (Å²) in [4.78, 5) is 30.7. The Morgan fingerprint density at radius 3 is 0.805 bits per heavy atom. The minimum absolute atomic E-state index is 0.704. The van der Waals surface area contributed by atoms with Crippen LogP contribution in [0.1, 0.15) is 0 Å². The van der Waals surface area contributed by atoms with Gasteiger partial charge >= 0.3 is 0 Å². The molecular weight excluding hydrogens is 1810 g/mol. The van der Waals surface area contributed by atoms with E-state index in [0.29, 0.717) is 11.6 Å². The zero-order valence-electron chi connectivity index (χ0n) is 80.6. The lowest BCUT2D eigenvalue weighted by atomic mass is 9.91. The molecule has 9 heteroatoms. The second kappa shape index (κ2) is 36.8. The molecule has 0 aliphatic rings. The highest BCUT2D eigenvalue weighted by Crippen LogP contribution is 2.51.